The van der Waals surface area contributed by atoms with E-state index in [-0.39, 0.29) is 11.6 Å². The molecule has 0 saturated carbocycles. The van der Waals surface area contributed by atoms with E-state index in [1.165, 1.54) is 11.8 Å². The van der Waals surface area contributed by atoms with Gasteiger partial charge >= 0.3 is 5.97 Å². The van der Waals surface area contributed by atoms with Gasteiger partial charge in [-0.25, -0.2) is 4.79 Å². The minimum atomic E-state index is -3.71. The Morgan fingerprint density at radius 2 is 1.86 bits per heavy atom. The fourth-order valence-corrected chi connectivity index (χ4v) is 6.62. The van der Waals surface area contributed by atoms with E-state index in [2.05, 4.69) is 33.9 Å². The third-order valence-electron chi connectivity index (χ3n) is 5.22. The Bertz CT molecular complexity index is 708. The molecule has 0 spiro atoms. The van der Waals surface area contributed by atoms with Crippen LogP contribution in [0.1, 0.15) is 54.4 Å². The lowest BCUT2D eigenvalue weighted by molar-refractivity contribution is -0.137. The van der Waals surface area contributed by atoms with Gasteiger partial charge in [-0.1, -0.05) is 34.1 Å². The molecule has 0 bridgehead atoms. The summed E-state index contributed by atoms with van der Waals surface area (Å²) < 4.78 is 41.3. The maximum absolute atomic E-state index is 12.6. The van der Waals surface area contributed by atoms with Gasteiger partial charge in [0.15, 0.2) is 8.32 Å². The zero-order chi connectivity index (χ0) is 22.0. The van der Waals surface area contributed by atoms with E-state index in [0.717, 1.165) is 6.26 Å². The molecule has 2 unspecified atom stereocenters. The van der Waals surface area contributed by atoms with Crippen molar-refractivity contribution in [2.45, 2.75) is 84.2 Å². The first kappa shape index (κ1) is 25.7. The topological polar surface area (TPSA) is 78.9 Å². The van der Waals surface area contributed by atoms with Crippen molar-refractivity contribution in [1.82, 2.24) is 0 Å². The second-order valence-electron chi connectivity index (χ2n) is 8.92. The van der Waals surface area contributed by atoms with Gasteiger partial charge in [0.1, 0.15) is 6.10 Å². The van der Waals surface area contributed by atoms with Crippen molar-refractivity contribution in [3.8, 4) is 0 Å². The molecular weight excluding hydrogens is 416 g/mol. The summed E-state index contributed by atoms with van der Waals surface area (Å²) >= 11 is 1.36. The molecule has 6 nitrogen and oxygen atoms in total. The van der Waals surface area contributed by atoms with Crippen LogP contribution in [-0.4, -0.2) is 53.0 Å². The zero-order valence-corrected chi connectivity index (χ0v) is 21.3. The van der Waals surface area contributed by atoms with E-state index in [4.69, 9.17) is 13.3 Å². The van der Waals surface area contributed by atoms with Gasteiger partial charge in [-0.2, -0.15) is 8.42 Å². The summed E-state index contributed by atoms with van der Waals surface area (Å²) in [7, 11) is -5.91. The molecule has 1 aliphatic rings. The van der Waals surface area contributed by atoms with Crippen molar-refractivity contribution in [3.05, 3.63) is 10.5 Å². The third-order valence-corrected chi connectivity index (χ3v) is 11.7. The number of carbonyl (C=O) groups is 1. The van der Waals surface area contributed by atoms with Crippen molar-refractivity contribution in [2.24, 2.45) is 0 Å². The molecule has 0 aromatic rings. The number of hydrogen-bond donors (Lipinski definition) is 0. The van der Waals surface area contributed by atoms with Crippen molar-refractivity contribution in [1.29, 1.82) is 0 Å². The highest BCUT2D eigenvalue weighted by atomic mass is 32.2. The van der Waals surface area contributed by atoms with Crippen LogP contribution < -0.4 is 0 Å². The summed E-state index contributed by atoms with van der Waals surface area (Å²) in [6, 6.07) is 0. The minimum absolute atomic E-state index is 0.0313. The molecule has 0 fully saturated rings. The highest BCUT2D eigenvalue weighted by Gasteiger charge is 2.51. The van der Waals surface area contributed by atoms with Crippen LogP contribution in [0.2, 0.25) is 18.1 Å². The number of esters is 1. The number of rotatable bonds is 9. The SMILES string of the molecule is CCCC(OS(C)(=O)=O)C1=C(C(=O)OCC)SCC1(C)O[Si](C)(C)C(C)(C)C. The van der Waals surface area contributed by atoms with Crippen molar-refractivity contribution < 1.29 is 26.6 Å². The van der Waals surface area contributed by atoms with Crippen LogP contribution in [0.4, 0.5) is 0 Å². The molecule has 0 aliphatic carbocycles. The fourth-order valence-electron chi connectivity index (χ4n) is 2.97. The molecule has 0 amide bonds. The average Bonchev–Trinajstić information content (AvgIpc) is 2.81. The van der Waals surface area contributed by atoms with Crippen LogP contribution in [0, 0.1) is 0 Å². The largest absolute Gasteiger partial charge is 0.462 e. The lowest BCUT2D eigenvalue weighted by atomic mass is 9.90. The van der Waals surface area contributed by atoms with Gasteiger partial charge < -0.3 is 9.16 Å². The van der Waals surface area contributed by atoms with Gasteiger partial charge in [0.05, 0.1) is 23.4 Å². The first-order valence-electron chi connectivity index (χ1n) is 9.71. The van der Waals surface area contributed by atoms with E-state index in [1.807, 2.05) is 13.8 Å². The molecule has 164 valence electrons. The Hall–Kier alpha value is -0.353. The van der Waals surface area contributed by atoms with E-state index in [1.54, 1.807) is 6.92 Å². The molecule has 0 N–H and O–H groups in total. The molecule has 2 atom stereocenters. The Kier molecular flexibility index (Phi) is 8.44. The lowest BCUT2D eigenvalue weighted by Crippen LogP contribution is -2.51. The Labute approximate surface area is 176 Å². The Morgan fingerprint density at radius 3 is 2.29 bits per heavy atom. The van der Waals surface area contributed by atoms with Gasteiger partial charge in [-0.3, -0.25) is 4.18 Å². The predicted octanol–water partition coefficient (Wildman–Crippen LogP) is 4.48. The molecule has 28 heavy (non-hydrogen) atoms. The van der Waals surface area contributed by atoms with E-state index in [9.17, 15) is 13.2 Å². The highest BCUT2D eigenvalue weighted by molar-refractivity contribution is 8.04. The summed E-state index contributed by atoms with van der Waals surface area (Å²) in [4.78, 5) is 13.1. The van der Waals surface area contributed by atoms with E-state index in [0.29, 0.717) is 29.1 Å². The Morgan fingerprint density at radius 1 is 1.29 bits per heavy atom. The number of hydrogen-bond acceptors (Lipinski definition) is 7. The van der Waals surface area contributed by atoms with Gasteiger partial charge in [-0.15, -0.1) is 11.8 Å². The number of thioether (sulfide) groups is 1. The minimum Gasteiger partial charge on any atom is -0.462 e. The number of ether oxygens (including phenoxy) is 1. The Balaban J connectivity index is 3.52. The van der Waals surface area contributed by atoms with Gasteiger partial charge in [0.25, 0.3) is 10.1 Å². The molecule has 0 aromatic carbocycles. The quantitative estimate of drug-likeness (QED) is 0.290. The molecule has 1 rings (SSSR count). The van der Waals surface area contributed by atoms with Gasteiger partial charge in [0, 0.05) is 11.3 Å². The lowest BCUT2D eigenvalue weighted by Gasteiger charge is -2.44. The summed E-state index contributed by atoms with van der Waals surface area (Å²) in [5.74, 6) is 0.0827. The normalized spacial score (nSPS) is 22.5. The van der Waals surface area contributed by atoms with Crippen LogP contribution in [0.25, 0.3) is 0 Å². The van der Waals surface area contributed by atoms with Crippen LogP contribution in [0.5, 0.6) is 0 Å². The summed E-state index contributed by atoms with van der Waals surface area (Å²) in [6.07, 6.45) is 1.47. The molecule has 1 aliphatic heterocycles. The summed E-state index contributed by atoms with van der Waals surface area (Å²) in [5, 5.41) is -0.0313. The van der Waals surface area contributed by atoms with Gasteiger partial charge in [0.2, 0.25) is 0 Å². The molecule has 0 radical (unpaired) electrons. The summed E-state index contributed by atoms with van der Waals surface area (Å²) in [6.45, 7) is 16.6. The predicted molar refractivity (Wildman–Crippen MR) is 117 cm³/mol. The van der Waals surface area contributed by atoms with Crippen LogP contribution in [-0.2, 0) is 28.3 Å². The van der Waals surface area contributed by atoms with E-state index < -0.39 is 36.1 Å². The van der Waals surface area contributed by atoms with Crippen LogP contribution in [0.3, 0.4) is 0 Å². The fraction of sp³-hybridized carbons (Fsp3) is 0.842. The second-order valence-corrected chi connectivity index (χ2v) is 16.2. The maximum atomic E-state index is 12.6. The molecule has 0 aromatic heterocycles. The molecule has 9 heteroatoms. The van der Waals surface area contributed by atoms with Gasteiger partial charge in [-0.05, 0) is 38.4 Å². The molecule has 0 saturated heterocycles. The van der Waals surface area contributed by atoms with Crippen molar-refractivity contribution in [2.75, 3.05) is 18.6 Å². The van der Waals surface area contributed by atoms with E-state index >= 15 is 0 Å². The number of carbonyl (C=O) groups excluding carboxylic acids is 1. The first-order chi connectivity index (χ1) is 12.6. The molecular formula is C19H36O6S2Si. The third kappa shape index (κ3) is 6.32. The highest BCUT2D eigenvalue weighted by Crippen LogP contribution is 2.49. The standard InChI is InChI=1S/C19H36O6S2Si/c1-10-12-14(24-27(7,21)22)15-16(17(20)23-11-2)26-13-19(15,6)25-28(8,9)18(3,4)5/h14H,10-13H2,1-9H3. The summed E-state index contributed by atoms with van der Waals surface area (Å²) in [5.41, 5.74) is -0.187. The smallest absolute Gasteiger partial charge is 0.344 e. The van der Waals surface area contributed by atoms with Crippen molar-refractivity contribution in [3.63, 3.8) is 0 Å². The first-order valence-corrected chi connectivity index (χ1v) is 15.4. The van der Waals surface area contributed by atoms with Crippen LogP contribution in [0.15, 0.2) is 10.5 Å². The molecule has 1 heterocycles. The second kappa shape index (κ2) is 9.20. The monoisotopic (exact) mass is 452 g/mol. The maximum Gasteiger partial charge on any atom is 0.344 e. The average molecular weight is 453 g/mol. The zero-order valence-electron chi connectivity index (χ0n) is 18.7. The van der Waals surface area contributed by atoms with Crippen LogP contribution >= 0.6 is 11.8 Å². The van der Waals surface area contributed by atoms with Crippen molar-refractivity contribution >= 4 is 36.2 Å².